The first kappa shape index (κ1) is 51.8. The van der Waals surface area contributed by atoms with Crippen LogP contribution in [0, 0.1) is 0 Å². The average Bonchev–Trinajstić information content (AvgIpc) is 3.99. The second kappa shape index (κ2) is 23.5. The van der Waals surface area contributed by atoms with Crippen molar-refractivity contribution in [2.24, 2.45) is 0 Å². The van der Waals surface area contributed by atoms with Crippen LogP contribution in [0.4, 0.5) is 0 Å². The average molecular weight is 961 g/mol. The number of nitrogens with zero attached hydrogens (tertiary/aromatic N) is 1. The van der Waals surface area contributed by atoms with Crippen molar-refractivity contribution in [3.8, 4) is 0 Å². The van der Waals surface area contributed by atoms with E-state index in [1.807, 2.05) is 49.4 Å². The molecule has 0 saturated carbocycles. The summed E-state index contributed by atoms with van der Waals surface area (Å²) < 4.78 is 32.1. The van der Waals surface area contributed by atoms with E-state index < -0.39 is 93.0 Å². The Morgan fingerprint density at radius 1 is 0.761 bits per heavy atom. The molecule has 5 rings (SSSR count). The fraction of sp³-hybridized carbons (Fsp3) is 0.438. The second-order valence-corrected chi connectivity index (χ2v) is 20.2. The summed E-state index contributed by atoms with van der Waals surface area (Å²) in [5, 5.41) is 26.8. The number of thiophene rings is 1. The molecule has 1 aliphatic heterocycles. The molecule has 19 heteroatoms. The highest BCUT2D eigenvalue weighted by Crippen LogP contribution is 2.23. The van der Waals surface area contributed by atoms with Crippen molar-refractivity contribution in [3.63, 3.8) is 0 Å². The predicted molar refractivity (Wildman–Crippen MR) is 253 cm³/mol. The third-order valence-electron chi connectivity index (χ3n) is 11.2. The van der Waals surface area contributed by atoms with Crippen LogP contribution < -0.4 is 26.6 Å². The quantitative estimate of drug-likeness (QED) is 0.0547. The molecule has 4 aromatic rings. The van der Waals surface area contributed by atoms with Gasteiger partial charge >= 0.3 is 5.97 Å². The van der Waals surface area contributed by atoms with Gasteiger partial charge in [0.1, 0.15) is 36.0 Å². The zero-order valence-corrected chi connectivity index (χ0v) is 39.7. The molecule has 360 valence electrons. The molecule has 6 amide bonds. The van der Waals surface area contributed by atoms with Gasteiger partial charge in [-0.2, -0.15) is 8.42 Å². The molecule has 0 unspecified atom stereocenters. The number of carbonyl (C=O) groups is 7. The summed E-state index contributed by atoms with van der Waals surface area (Å²) in [7, 11) is -4.29. The van der Waals surface area contributed by atoms with Gasteiger partial charge in [0.2, 0.25) is 29.5 Å². The second-order valence-electron chi connectivity index (χ2n) is 17.8. The lowest BCUT2D eigenvalue weighted by molar-refractivity contribution is -0.142. The van der Waals surface area contributed by atoms with Gasteiger partial charge in [0, 0.05) is 31.3 Å². The van der Waals surface area contributed by atoms with Crippen LogP contribution >= 0.6 is 11.3 Å². The smallest absolute Gasteiger partial charge is 0.303 e. The number of likely N-dealkylation sites (tertiary alicyclic amines) is 1. The lowest BCUT2D eigenvalue weighted by Gasteiger charge is -2.31. The van der Waals surface area contributed by atoms with E-state index in [0.29, 0.717) is 28.8 Å². The van der Waals surface area contributed by atoms with Crippen LogP contribution in [-0.2, 0) is 57.5 Å². The molecule has 67 heavy (non-hydrogen) atoms. The number of fused-ring (bicyclic) bond motifs is 1. The number of carboxylic acid groups (broad SMARTS) is 1. The Balaban J connectivity index is 1.37. The standard InChI is InChI=1S/C48H60N6O11S2/c1-5-12-36(50-42(57)37(52-46(61)40-19-11-26-66-40)27-30-21-23-31(24-22-30)29-67(63,64)65)47(62)54-25-10-18-39(54)45(60)51-38(28-33-15-8-14-32-13-6-7-16-34(32)33)43(58)49-35(17-9-20-41(55)56)44(59)53-48(2,3)4/h6-8,11,13-16,19,21-24,26,35-39H,5,9-10,12,17-18,20,25,27-29H2,1-4H3,(H,49,58)(H,50,57)(H,51,60)(H,52,61)(H,53,59)(H,55,56)(H,63,64,65)/t35-,36-,37-,38-,39-/m0/s1. The maximum atomic E-state index is 14.5. The van der Waals surface area contributed by atoms with Gasteiger partial charge in [0.15, 0.2) is 0 Å². The first-order valence-corrected chi connectivity index (χ1v) is 24.8. The molecular formula is C48H60N6O11S2. The highest BCUT2D eigenvalue weighted by Gasteiger charge is 2.40. The Hall–Kier alpha value is -6.18. The molecule has 17 nitrogen and oxygen atoms in total. The van der Waals surface area contributed by atoms with Gasteiger partial charge in [-0.1, -0.05) is 86.1 Å². The Morgan fingerprint density at radius 2 is 1.42 bits per heavy atom. The van der Waals surface area contributed by atoms with Gasteiger partial charge in [-0.3, -0.25) is 38.1 Å². The van der Waals surface area contributed by atoms with Crippen molar-refractivity contribution in [2.45, 2.75) is 127 Å². The Morgan fingerprint density at radius 3 is 2.06 bits per heavy atom. The van der Waals surface area contributed by atoms with Crippen molar-refractivity contribution in [1.82, 2.24) is 31.5 Å². The molecule has 1 fully saturated rings. The van der Waals surface area contributed by atoms with E-state index in [9.17, 15) is 51.6 Å². The molecular weight excluding hydrogens is 901 g/mol. The summed E-state index contributed by atoms with van der Waals surface area (Å²) in [5.74, 6) is -5.18. The van der Waals surface area contributed by atoms with Crippen LogP contribution in [0.25, 0.3) is 10.8 Å². The van der Waals surface area contributed by atoms with E-state index in [2.05, 4.69) is 26.6 Å². The molecule has 2 heterocycles. The summed E-state index contributed by atoms with van der Waals surface area (Å²) in [5.41, 5.74) is 0.941. The van der Waals surface area contributed by atoms with Crippen LogP contribution in [0.1, 0.15) is 99.0 Å². The lowest BCUT2D eigenvalue weighted by Crippen LogP contribution is -2.59. The van der Waals surface area contributed by atoms with Crippen molar-refractivity contribution < 1.29 is 51.6 Å². The summed E-state index contributed by atoms with van der Waals surface area (Å²) in [6.07, 6.45) is 1.23. The van der Waals surface area contributed by atoms with Gasteiger partial charge in [-0.15, -0.1) is 11.3 Å². The Bertz CT molecular complexity index is 2500. The zero-order valence-electron chi connectivity index (χ0n) is 38.1. The molecule has 0 bridgehead atoms. The minimum Gasteiger partial charge on any atom is -0.481 e. The molecule has 1 aromatic heterocycles. The molecule has 3 aromatic carbocycles. The Labute approximate surface area is 394 Å². The predicted octanol–water partition coefficient (Wildman–Crippen LogP) is 4.29. The number of nitrogens with one attached hydrogen (secondary N) is 5. The van der Waals surface area contributed by atoms with E-state index in [1.165, 1.54) is 28.4 Å². The van der Waals surface area contributed by atoms with Gasteiger partial charge < -0.3 is 36.6 Å². The lowest BCUT2D eigenvalue weighted by atomic mass is 9.97. The van der Waals surface area contributed by atoms with E-state index in [0.717, 1.165) is 16.3 Å². The minimum atomic E-state index is -4.29. The first-order valence-electron chi connectivity index (χ1n) is 22.3. The largest absolute Gasteiger partial charge is 0.481 e. The van der Waals surface area contributed by atoms with Crippen LogP contribution in [0.3, 0.4) is 0 Å². The van der Waals surface area contributed by atoms with Gasteiger partial charge in [-0.05, 0) is 91.8 Å². The number of benzene rings is 3. The summed E-state index contributed by atoms with van der Waals surface area (Å²) in [6.45, 7) is 7.34. The van der Waals surface area contributed by atoms with Crippen molar-refractivity contribution >= 4 is 73.6 Å². The maximum absolute atomic E-state index is 14.5. The van der Waals surface area contributed by atoms with Crippen LogP contribution in [0.2, 0.25) is 0 Å². The van der Waals surface area contributed by atoms with E-state index in [-0.39, 0.29) is 51.5 Å². The van der Waals surface area contributed by atoms with Crippen LogP contribution in [0.15, 0.2) is 84.2 Å². The number of amides is 6. The molecule has 0 radical (unpaired) electrons. The minimum absolute atomic E-state index is 0.0126. The van der Waals surface area contributed by atoms with E-state index in [1.54, 1.807) is 50.4 Å². The molecule has 7 N–H and O–H groups in total. The highest BCUT2D eigenvalue weighted by atomic mass is 32.2. The molecule has 5 atom stereocenters. The summed E-state index contributed by atoms with van der Waals surface area (Å²) in [4.78, 5) is 97.2. The van der Waals surface area contributed by atoms with E-state index in [4.69, 9.17) is 0 Å². The fourth-order valence-corrected chi connectivity index (χ4v) is 9.25. The highest BCUT2D eigenvalue weighted by molar-refractivity contribution is 7.85. The number of carbonyl (C=O) groups excluding carboxylic acids is 6. The summed E-state index contributed by atoms with van der Waals surface area (Å²) >= 11 is 1.18. The molecule has 0 spiro atoms. The van der Waals surface area contributed by atoms with Crippen LogP contribution in [-0.4, -0.2) is 107 Å². The topological polar surface area (TPSA) is 257 Å². The molecule has 0 aliphatic carbocycles. The van der Waals surface area contributed by atoms with Gasteiger partial charge in [0.05, 0.1) is 4.88 Å². The number of aliphatic carboxylic acids is 1. The molecule has 1 saturated heterocycles. The van der Waals surface area contributed by atoms with Crippen molar-refractivity contribution in [2.75, 3.05) is 6.54 Å². The maximum Gasteiger partial charge on any atom is 0.303 e. The molecule has 1 aliphatic rings. The SMILES string of the molecule is CCC[C@H](NC(=O)[C@H](Cc1ccc(CS(=O)(=O)O)cc1)NC(=O)c1cccs1)C(=O)N1CCC[C@H]1C(=O)N[C@@H](Cc1cccc2ccccc12)C(=O)N[C@@H](CCCC(=O)O)C(=O)NC(C)(C)C. The third-order valence-corrected chi connectivity index (χ3v) is 12.7. The number of carboxylic acids is 1. The first-order chi connectivity index (χ1) is 31.7. The number of hydrogen-bond donors (Lipinski definition) is 7. The fourth-order valence-electron chi connectivity index (χ4n) is 8.01. The van der Waals surface area contributed by atoms with Gasteiger partial charge in [0.25, 0.3) is 16.0 Å². The van der Waals surface area contributed by atoms with Crippen molar-refractivity contribution in [3.05, 3.63) is 106 Å². The number of rotatable bonds is 22. The zero-order chi connectivity index (χ0) is 48.9. The summed E-state index contributed by atoms with van der Waals surface area (Å²) in [6, 6.07) is 16.9. The number of hydrogen-bond acceptors (Lipinski definition) is 10. The normalized spacial score (nSPS) is 15.7. The van der Waals surface area contributed by atoms with Crippen LogP contribution in [0.5, 0.6) is 0 Å². The monoisotopic (exact) mass is 960 g/mol. The third kappa shape index (κ3) is 15.7. The van der Waals surface area contributed by atoms with Crippen molar-refractivity contribution in [1.29, 1.82) is 0 Å². The Kier molecular flexibility index (Phi) is 18.2. The van der Waals surface area contributed by atoms with E-state index >= 15 is 0 Å². The van der Waals surface area contributed by atoms with Gasteiger partial charge in [-0.25, -0.2) is 0 Å².